The first-order valence-electron chi connectivity index (χ1n) is 6.45. The van der Waals surface area contributed by atoms with Crippen LogP contribution < -0.4 is 5.73 Å². The van der Waals surface area contributed by atoms with E-state index in [1.807, 2.05) is 6.92 Å². The molecule has 1 aromatic heterocycles. The summed E-state index contributed by atoms with van der Waals surface area (Å²) in [4.78, 5) is 4.63. The smallest absolute Gasteiger partial charge is 0.101 e. The minimum absolute atomic E-state index is 0.551. The fraction of sp³-hybridized carbons (Fsp3) is 0.312. The third-order valence-corrected chi connectivity index (χ3v) is 4.19. The van der Waals surface area contributed by atoms with E-state index in [-0.39, 0.29) is 0 Å². The molecule has 0 spiro atoms. The Labute approximate surface area is 119 Å². The van der Waals surface area contributed by atoms with Gasteiger partial charge in [0.15, 0.2) is 0 Å². The lowest BCUT2D eigenvalue weighted by Gasteiger charge is -2.11. The zero-order chi connectivity index (χ0) is 13.8. The maximum atomic E-state index is 5.84. The van der Waals surface area contributed by atoms with Crippen molar-refractivity contribution in [2.24, 2.45) is 5.73 Å². The lowest BCUT2D eigenvalue weighted by atomic mass is 10.1. The van der Waals surface area contributed by atoms with Crippen LogP contribution in [0.1, 0.15) is 27.9 Å². The summed E-state index contributed by atoms with van der Waals surface area (Å²) in [5.41, 5.74) is 11.9. The van der Waals surface area contributed by atoms with Crippen LogP contribution in [0.4, 0.5) is 0 Å². The van der Waals surface area contributed by atoms with E-state index < -0.39 is 0 Å². The summed E-state index contributed by atoms with van der Waals surface area (Å²) in [6.07, 6.45) is 0. The van der Waals surface area contributed by atoms with Gasteiger partial charge in [-0.2, -0.15) is 0 Å². The highest BCUT2D eigenvalue weighted by atomic mass is 32.2. The molecule has 0 amide bonds. The Bertz CT molecular complexity index is 579. The Morgan fingerprint density at radius 1 is 1.16 bits per heavy atom. The molecule has 0 aliphatic heterocycles. The van der Waals surface area contributed by atoms with Crippen LogP contribution >= 0.6 is 11.8 Å². The molecule has 0 unspecified atom stereocenters. The van der Waals surface area contributed by atoms with Crippen LogP contribution in [0.15, 0.2) is 35.4 Å². The van der Waals surface area contributed by atoms with Gasteiger partial charge in [0.25, 0.3) is 0 Å². The topological polar surface area (TPSA) is 38.9 Å². The van der Waals surface area contributed by atoms with E-state index in [1.165, 1.54) is 22.3 Å². The van der Waals surface area contributed by atoms with E-state index >= 15 is 0 Å². The lowest BCUT2D eigenvalue weighted by Crippen LogP contribution is -2.04. The van der Waals surface area contributed by atoms with Crippen LogP contribution in [0.3, 0.4) is 0 Å². The SMILES string of the molecule is Cc1cccc(CSc2nc(C)cc(C)c2CN)c1. The Hall–Kier alpha value is -1.32. The number of aromatic nitrogens is 1. The van der Waals surface area contributed by atoms with Crippen molar-refractivity contribution in [1.29, 1.82) is 0 Å². The van der Waals surface area contributed by atoms with Gasteiger partial charge in [-0.3, -0.25) is 0 Å². The Morgan fingerprint density at radius 3 is 2.63 bits per heavy atom. The number of hydrogen-bond donors (Lipinski definition) is 1. The van der Waals surface area contributed by atoms with Crippen molar-refractivity contribution in [2.45, 2.75) is 38.1 Å². The van der Waals surface area contributed by atoms with Crippen LogP contribution in [0, 0.1) is 20.8 Å². The highest BCUT2D eigenvalue weighted by Gasteiger charge is 2.08. The maximum absolute atomic E-state index is 5.84. The molecule has 0 fully saturated rings. The van der Waals surface area contributed by atoms with Crippen LogP contribution in [0.5, 0.6) is 0 Å². The molecule has 0 atom stereocenters. The minimum atomic E-state index is 0.551. The van der Waals surface area contributed by atoms with E-state index in [0.29, 0.717) is 6.54 Å². The molecule has 2 nitrogen and oxygen atoms in total. The van der Waals surface area contributed by atoms with Crippen LogP contribution in [0.2, 0.25) is 0 Å². The van der Waals surface area contributed by atoms with Gasteiger partial charge in [-0.1, -0.05) is 29.8 Å². The molecule has 19 heavy (non-hydrogen) atoms. The number of hydrogen-bond acceptors (Lipinski definition) is 3. The average Bonchev–Trinajstić information content (AvgIpc) is 2.36. The highest BCUT2D eigenvalue weighted by Crippen LogP contribution is 2.27. The first-order chi connectivity index (χ1) is 9.10. The van der Waals surface area contributed by atoms with Crippen LogP contribution in [0.25, 0.3) is 0 Å². The minimum Gasteiger partial charge on any atom is -0.326 e. The number of nitrogens with two attached hydrogens (primary N) is 1. The monoisotopic (exact) mass is 272 g/mol. The van der Waals surface area contributed by atoms with Gasteiger partial charge in [0.2, 0.25) is 0 Å². The normalized spacial score (nSPS) is 10.7. The van der Waals surface area contributed by atoms with E-state index in [2.05, 4.69) is 49.2 Å². The second-order valence-corrected chi connectivity index (χ2v) is 5.81. The average molecular weight is 272 g/mol. The number of pyridine rings is 1. The third-order valence-electron chi connectivity index (χ3n) is 3.10. The van der Waals surface area contributed by atoms with Gasteiger partial charge >= 0.3 is 0 Å². The molecule has 0 saturated carbocycles. The molecule has 0 radical (unpaired) electrons. The predicted molar refractivity (Wildman–Crippen MR) is 82.3 cm³/mol. The number of aryl methyl sites for hydroxylation is 3. The van der Waals surface area contributed by atoms with Crippen LogP contribution in [-0.4, -0.2) is 4.98 Å². The van der Waals surface area contributed by atoms with Crippen molar-refractivity contribution in [3.8, 4) is 0 Å². The summed E-state index contributed by atoms with van der Waals surface area (Å²) in [5.74, 6) is 0.935. The Kier molecular flexibility index (Phi) is 4.61. The van der Waals surface area contributed by atoms with E-state index in [0.717, 1.165) is 16.5 Å². The summed E-state index contributed by atoms with van der Waals surface area (Å²) in [5, 5.41) is 1.07. The quantitative estimate of drug-likeness (QED) is 0.861. The van der Waals surface area contributed by atoms with Crippen molar-refractivity contribution in [3.63, 3.8) is 0 Å². The number of nitrogens with zero attached hydrogens (tertiary/aromatic N) is 1. The molecule has 2 aromatic rings. The molecular formula is C16H20N2S. The second kappa shape index (κ2) is 6.22. The maximum Gasteiger partial charge on any atom is 0.101 e. The molecule has 1 aromatic carbocycles. The van der Waals surface area contributed by atoms with Gasteiger partial charge in [0.1, 0.15) is 5.03 Å². The van der Waals surface area contributed by atoms with E-state index in [4.69, 9.17) is 5.73 Å². The molecule has 0 aliphatic rings. The summed E-state index contributed by atoms with van der Waals surface area (Å²) in [7, 11) is 0. The fourth-order valence-electron chi connectivity index (χ4n) is 2.15. The zero-order valence-corrected chi connectivity index (χ0v) is 12.6. The summed E-state index contributed by atoms with van der Waals surface area (Å²) < 4.78 is 0. The highest BCUT2D eigenvalue weighted by molar-refractivity contribution is 7.98. The van der Waals surface area contributed by atoms with Gasteiger partial charge in [0, 0.05) is 23.6 Å². The molecule has 2 N–H and O–H groups in total. The summed E-state index contributed by atoms with van der Waals surface area (Å²) >= 11 is 1.77. The van der Waals surface area contributed by atoms with Gasteiger partial charge < -0.3 is 5.73 Å². The van der Waals surface area contributed by atoms with E-state index in [1.54, 1.807) is 11.8 Å². The molecular weight excluding hydrogens is 252 g/mol. The molecule has 0 aliphatic carbocycles. The molecule has 0 saturated heterocycles. The molecule has 1 heterocycles. The molecule has 3 heteroatoms. The predicted octanol–water partition coefficient (Wildman–Crippen LogP) is 3.76. The van der Waals surface area contributed by atoms with Crippen molar-refractivity contribution in [2.75, 3.05) is 0 Å². The first-order valence-corrected chi connectivity index (χ1v) is 7.44. The molecule has 100 valence electrons. The van der Waals surface area contributed by atoms with Crippen molar-refractivity contribution in [1.82, 2.24) is 4.98 Å². The van der Waals surface area contributed by atoms with Crippen molar-refractivity contribution in [3.05, 3.63) is 58.3 Å². The largest absolute Gasteiger partial charge is 0.326 e. The van der Waals surface area contributed by atoms with Crippen molar-refractivity contribution >= 4 is 11.8 Å². The van der Waals surface area contributed by atoms with Gasteiger partial charge in [-0.15, -0.1) is 11.8 Å². The molecule has 0 bridgehead atoms. The second-order valence-electron chi connectivity index (χ2n) is 4.85. The fourth-order valence-corrected chi connectivity index (χ4v) is 3.26. The number of benzene rings is 1. The van der Waals surface area contributed by atoms with Gasteiger partial charge in [0.05, 0.1) is 0 Å². The van der Waals surface area contributed by atoms with E-state index in [9.17, 15) is 0 Å². The zero-order valence-electron chi connectivity index (χ0n) is 11.7. The van der Waals surface area contributed by atoms with Crippen LogP contribution in [-0.2, 0) is 12.3 Å². The van der Waals surface area contributed by atoms with Crippen molar-refractivity contribution < 1.29 is 0 Å². The summed E-state index contributed by atoms with van der Waals surface area (Å²) in [6, 6.07) is 10.7. The Morgan fingerprint density at radius 2 is 1.95 bits per heavy atom. The number of thioether (sulfide) groups is 1. The lowest BCUT2D eigenvalue weighted by molar-refractivity contribution is 0.922. The first kappa shape index (κ1) is 14.1. The third kappa shape index (κ3) is 3.58. The Balaban J connectivity index is 2.19. The standard InChI is InChI=1S/C16H20N2S/c1-11-5-4-6-14(7-11)10-19-16-15(9-17)12(2)8-13(3)18-16/h4-8H,9-10,17H2,1-3H3. The van der Waals surface area contributed by atoms with Gasteiger partial charge in [-0.05, 0) is 38.0 Å². The summed E-state index contributed by atoms with van der Waals surface area (Å²) in [6.45, 7) is 6.81. The van der Waals surface area contributed by atoms with Gasteiger partial charge in [-0.25, -0.2) is 4.98 Å². The number of rotatable bonds is 4. The molecule has 2 rings (SSSR count).